The van der Waals surface area contributed by atoms with Crippen molar-refractivity contribution < 1.29 is 4.42 Å². The first-order chi connectivity index (χ1) is 25.3. The molecule has 238 valence electrons. The molecule has 0 amide bonds. The van der Waals surface area contributed by atoms with Gasteiger partial charge in [0.05, 0.1) is 5.69 Å². The average molecular weight is 668 g/mol. The van der Waals surface area contributed by atoms with Crippen LogP contribution in [-0.4, -0.2) is 0 Å². The maximum atomic E-state index is 6.85. The van der Waals surface area contributed by atoms with Gasteiger partial charge in [0.2, 0.25) is 0 Å². The van der Waals surface area contributed by atoms with Crippen LogP contribution < -0.4 is 4.90 Å². The highest BCUT2D eigenvalue weighted by Crippen LogP contribution is 2.48. The molecule has 0 saturated carbocycles. The number of anilines is 3. The second kappa shape index (κ2) is 11.0. The maximum Gasteiger partial charge on any atom is 0.143 e. The number of furan rings is 1. The fourth-order valence-corrected chi connectivity index (χ4v) is 9.29. The summed E-state index contributed by atoms with van der Waals surface area (Å²) < 4.78 is 9.45. The Morgan fingerprint density at radius 2 is 1.00 bits per heavy atom. The van der Waals surface area contributed by atoms with E-state index in [2.05, 4.69) is 181 Å². The van der Waals surface area contributed by atoms with Crippen molar-refractivity contribution in [3.05, 3.63) is 176 Å². The van der Waals surface area contributed by atoms with Gasteiger partial charge in [0.15, 0.2) is 0 Å². The average Bonchev–Trinajstić information content (AvgIpc) is 3.77. The smallest absolute Gasteiger partial charge is 0.143 e. The summed E-state index contributed by atoms with van der Waals surface area (Å²) in [6.45, 7) is 0. The Bertz CT molecular complexity index is 3090. The zero-order valence-corrected chi connectivity index (χ0v) is 28.3. The van der Waals surface area contributed by atoms with Crippen LogP contribution in [0.5, 0.6) is 0 Å². The molecule has 2 nitrogen and oxygen atoms in total. The number of hydrogen-bond acceptors (Lipinski definition) is 3. The van der Waals surface area contributed by atoms with E-state index < -0.39 is 0 Å². The highest BCUT2D eigenvalue weighted by molar-refractivity contribution is 7.26. The first-order valence-electron chi connectivity index (χ1n) is 17.3. The predicted octanol–water partition coefficient (Wildman–Crippen LogP) is 14.6. The van der Waals surface area contributed by atoms with Gasteiger partial charge < -0.3 is 9.32 Å². The van der Waals surface area contributed by atoms with Crippen LogP contribution in [0.4, 0.5) is 17.1 Å². The Kier molecular flexibility index (Phi) is 6.16. The fourth-order valence-electron chi connectivity index (χ4n) is 8.06. The number of rotatable bonds is 4. The van der Waals surface area contributed by atoms with Crippen LogP contribution in [0.1, 0.15) is 0 Å². The molecule has 11 rings (SSSR count). The Morgan fingerprint density at radius 3 is 1.75 bits per heavy atom. The van der Waals surface area contributed by atoms with Crippen LogP contribution in [0.25, 0.3) is 85.6 Å². The quantitative estimate of drug-likeness (QED) is 0.186. The lowest BCUT2D eigenvalue weighted by atomic mass is 9.96. The summed E-state index contributed by atoms with van der Waals surface area (Å²) in [7, 11) is 0. The molecule has 0 N–H and O–H groups in total. The van der Waals surface area contributed by atoms with Crippen molar-refractivity contribution in [1.82, 2.24) is 0 Å². The number of benzene rings is 9. The third-order valence-electron chi connectivity index (χ3n) is 10.4. The molecule has 0 bridgehead atoms. The monoisotopic (exact) mass is 667 g/mol. The SMILES string of the molecule is c1ccc2cc(N(c3ccc4ccccc4c3)c3cc4c(oc5cccc(-c6cccc7c6sc6ccccc67)c54)c4ccccc34)ccc2c1. The molecule has 9 aromatic carbocycles. The van der Waals surface area contributed by atoms with E-state index >= 15 is 0 Å². The number of fused-ring (bicyclic) bond motifs is 10. The largest absolute Gasteiger partial charge is 0.455 e. The van der Waals surface area contributed by atoms with Crippen LogP contribution in [-0.2, 0) is 0 Å². The number of nitrogens with zero attached hydrogens (tertiary/aromatic N) is 1. The zero-order chi connectivity index (χ0) is 33.5. The Hall–Kier alpha value is -6.42. The minimum absolute atomic E-state index is 0.894. The van der Waals surface area contributed by atoms with Crippen LogP contribution in [0, 0.1) is 0 Å². The first kappa shape index (κ1) is 28.4. The topological polar surface area (TPSA) is 16.4 Å². The van der Waals surface area contributed by atoms with Gasteiger partial charge >= 0.3 is 0 Å². The Labute approximate surface area is 298 Å². The van der Waals surface area contributed by atoms with E-state index in [0.29, 0.717) is 0 Å². The zero-order valence-electron chi connectivity index (χ0n) is 27.5. The lowest BCUT2D eigenvalue weighted by Crippen LogP contribution is -2.10. The lowest BCUT2D eigenvalue weighted by Gasteiger charge is -2.28. The molecule has 2 heterocycles. The first-order valence-corrected chi connectivity index (χ1v) is 18.2. The maximum absolute atomic E-state index is 6.85. The normalized spacial score (nSPS) is 11.9. The third kappa shape index (κ3) is 4.35. The molecular formula is C48H29NOS. The summed E-state index contributed by atoms with van der Waals surface area (Å²) in [5.41, 5.74) is 7.56. The van der Waals surface area contributed by atoms with Gasteiger partial charge in [0.1, 0.15) is 11.2 Å². The van der Waals surface area contributed by atoms with Crippen LogP contribution in [0.15, 0.2) is 180 Å². The van der Waals surface area contributed by atoms with Gasteiger partial charge in [-0.15, -0.1) is 11.3 Å². The van der Waals surface area contributed by atoms with Gasteiger partial charge in [-0.05, 0) is 69.6 Å². The third-order valence-corrected chi connectivity index (χ3v) is 11.6. The summed E-state index contributed by atoms with van der Waals surface area (Å²) in [5, 5.41) is 11.9. The van der Waals surface area contributed by atoms with E-state index in [-0.39, 0.29) is 0 Å². The lowest BCUT2D eigenvalue weighted by molar-refractivity contribution is 0.673. The van der Waals surface area contributed by atoms with Crippen molar-refractivity contribution in [3.8, 4) is 11.1 Å². The van der Waals surface area contributed by atoms with E-state index in [1.165, 1.54) is 52.8 Å². The highest BCUT2D eigenvalue weighted by Gasteiger charge is 2.23. The second-order valence-corrected chi connectivity index (χ2v) is 14.3. The van der Waals surface area contributed by atoms with Crippen molar-refractivity contribution >= 4 is 103 Å². The summed E-state index contributed by atoms with van der Waals surface area (Å²) >= 11 is 1.87. The molecule has 51 heavy (non-hydrogen) atoms. The van der Waals surface area contributed by atoms with Gasteiger partial charge in [-0.2, -0.15) is 0 Å². The van der Waals surface area contributed by atoms with Crippen molar-refractivity contribution in [1.29, 1.82) is 0 Å². The predicted molar refractivity (Wildman–Crippen MR) is 219 cm³/mol. The van der Waals surface area contributed by atoms with Crippen molar-refractivity contribution in [3.63, 3.8) is 0 Å². The Balaban J connectivity index is 1.24. The molecule has 0 radical (unpaired) electrons. The standard InChI is InChI=1S/C48H29NOS/c1-3-13-32-27-34(25-23-30(32)11-1)49(35-26-24-31-12-2-4-14-33(31)28-35)43-29-42-46-38(18-10-21-44(46)50-47(42)39-17-6-5-15-36(39)43)41-20-9-19-40-37-16-7-8-22-45(37)51-48(40)41/h1-29H. The Morgan fingerprint density at radius 1 is 0.412 bits per heavy atom. The van der Waals surface area contributed by atoms with E-state index in [4.69, 9.17) is 4.42 Å². The van der Waals surface area contributed by atoms with E-state index in [1.807, 2.05) is 11.3 Å². The molecule has 0 aliphatic heterocycles. The fraction of sp³-hybridized carbons (Fsp3) is 0. The summed E-state index contributed by atoms with van der Waals surface area (Å²) in [6.07, 6.45) is 0. The van der Waals surface area contributed by atoms with Crippen LogP contribution in [0.2, 0.25) is 0 Å². The van der Waals surface area contributed by atoms with Crippen molar-refractivity contribution in [2.75, 3.05) is 4.90 Å². The molecular weight excluding hydrogens is 639 g/mol. The molecule has 0 saturated heterocycles. The van der Waals surface area contributed by atoms with E-state index in [1.54, 1.807) is 0 Å². The highest BCUT2D eigenvalue weighted by atomic mass is 32.1. The summed E-state index contributed by atoms with van der Waals surface area (Å²) in [4.78, 5) is 2.43. The van der Waals surface area contributed by atoms with Gasteiger partial charge in [-0.1, -0.05) is 133 Å². The molecule has 11 aromatic rings. The molecule has 0 spiro atoms. The van der Waals surface area contributed by atoms with Gasteiger partial charge in [-0.3, -0.25) is 0 Å². The van der Waals surface area contributed by atoms with Gasteiger partial charge in [0.25, 0.3) is 0 Å². The van der Waals surface area contributed by atoms with E-state index in [9.17, 15) is 0 Å². The molecule has 3 heteroatoms. The molecule has 2 aromatic heterocycles. The van der Waals surface area contributed by atoms with Gasteiger partial charge in [0, 0.05) is 58.7 Å². The molecule has 0 unspecified atom stereocenters. The number of hydrogen-bond donors (Lipinski definition) is 0. The van der Waals surface area contributed by atoms with E-state index in [0.717, 1.165) is 49.8 Å². The number of thiophene rings is 1. The van der Waals surface area contributed by atoms with Crippen LogP contribution in [0.3, 0.4) is 0 Å². The minimum Gasteiger partial charge on any atom is -0.455 e. The molecule has 0 aliphatic carbocycles. The van der Waals surface area contributed by atoms with Gasteiger partial charge in [-0.25, -0.2) is 0 Å². The molecule has 0 fully saturated rings. The van der Waals surface area contributed by atoms with Crippen LogP contribution >= 0.6 is 11.3 Å². The summed E-state index contributed by atoms with van der Waals surface area (Å²) in [5.74, 6) is 0. The second-order valence-electron chi connectivity index (χ2n) is 13.3. The van der Waals surface area contributed by atoms with Crippen molar-refractivity contribution in [2.45, 2.75) is 0 Å². The van der Waals surface area contributed by atoms with Crippen molar-refractivity contribution in [2.24, 2.45) is 0 Å². The minimum atomic E-state index is 0.894. The molecule has 0 aliphatic rings. The summed E-state index contributed by atoms with van der Waals surface area (Å²) in [6, 6.07) is 63.8. The molecule has 0 atom stereocenters.